The molecule has 0 spiro atoms. The van der Waals surface area contributed by atoms with Crippen LogP contribution >= 0.6 is 0 Å². The molecule has 2 heteroatoms. The van der Waals surface area contributed by atoms with Gasteiger partial charge in [-0.1, -0.05) is 125 Å². The quantitative estimate of drug-likeness (QED) is 0.0818. The van der Waals surface area contributed by atoms with E-state index in [1.165, 1.54) is 71.8 Å². The molecular weight excluding hydrogens is 512 g/mol. The second-order valence-corrected chi connectivity index (χ2v) is 12.1. The first-order valence-electron chi connectivity index (χ1n) is 14.6. The van der Waals surface area contributed by atoms with E-state index in [1.807, 2.05) is 6.08 Å². The number of esters is 1. The second kappa shape index (κ2) is 10.9. The molecule has 0 unspecified atom stereocenters. The Labute approximate surface area is 248 Å². The molecule has 0 atom stereocenters. The van der Waals surface area contributed by atoms with Crippen LogP contribution in [-0.4, -0.2) is 12.6 Å². The molecule has 42 heavy (non-hydrogen) atoms. The number of aryl methyl sites for hydroxylation is 1. The number of benzene rings is 6. The highest BCUT2D eigenvalue weighted by Gasteiger charge is 2.20. The molecule has 0 N–H and O–H groups in total. The van der Waals surface area contributed by atoms with Crippen molar-refractivity contribution in [2.75, 3.05) is 6.61 Å². The molecular formula is C40H36O2. The lowest BCUT2D eigenvalue weighted by molar-refractivity contribution is -0.137. The van der Waals surface area contributed by atoms with Crippen molar-refractivity contribution in [3.05, 3.63) is 127 Å². The van der Waals surface area contributed by atoms with E-state index in [4.69, 9.17) is 4.74 Å². The maximum atomic E-state index is 11.3. The van der Waals surface area contributed by atoms with Crippen molar-refractivity contribution < 1.29 is 9.53 Å². The van der Waals surface area contributed by atoms with Gasteiger partial charge in [-0.25, -0.2) is 4.79 Å². The van der Waals surface area contributed by atoms with E-state index in [1.54, 1.807) is 0 Å². The molecule has 2 nitrogen and oxygen atoms in total. The van der Waals surface area contributed by atoms with Crippen molar-refractivity contribution in [1.29, 1.82) is 0 Å². The summed E-state index contributed by atoms with van der Waals surface area (Å²) in [7, 11) is 0. The van der Waals surface area contributed by atoms with Gasteiger partial charge in [-0.3, -0.25) is 0 Å². The van der Waals surface area contributed by atoms with Crippen LogP contribution in [0.25, 0.3) is 60.6 Å². The average Bonchev–Trinajstić information content (AvgIpc) is 3.01. The molecule has 6 aromatic carbocycles. The van der Waals surface area contributed by atoms with E-state index < -0.39 is 0 Å². The van der Waals surface area contributed by atoms with E-state index in [-0.39, 0.29) is 11.4 Å². The van der Waals surface area contributed by atoms with Crippen molar-refractivity contribution in [2.45, 2.75) is 39.0 Å². The second-order valence-electron chi connectivity index (χ2n) is 12.1. The number of hydrogen-bond acceptors (Lipinski definition) is 2. The SMILES string of the molecule is C=CC(=O)OCCCc1ccc(-c2cc(-c3ccc(C=C)cc3)c3ccc4cc(C(C)(C)C)cc5ccc2c3c45)cc1. The Morgan fingerprint density at radius 2 is 1.31 bits per heavy atom. The molecule has 0 amide bonds. The molecule has 0 radical (unpaired) electrons. The minimum atomic E-state index is -0.371. The van der Waals surface area contributed by atoms with Crippen LogP contribution in [-0.2, 0) is 21.4 Å². The first-order valence-corrected chi connectivity index (χ1v) is 14.6. The average molecular weight is 549 g/mol. The molecule has 6 rings (SSSR count). The van der Waals surface area contributed by atoms with Crippen molar-refractivity contribution in [1.82, 2.24) is 0 Å². The van der Waals surface area contributed by atoms with Crippen molar-refractivity contribution in [3.8, 4) is 22.3 Å². The predicted octanol–water partition coefficient (Wildman–Crippen LogP) is 10.5. The summed E-state index contributed by atoms with van der Waals surface area (Å²) in [5, 5.41) is 7.75. The summed E-state index contributed by atoms with van der Waals surface area (Å²) in [5.74, 6) is -0.371. The number of hydrogen-bond donors (Lipinski definition) is 0. The van der Waals surface area contributed by atoms with Gasteiger partial charge >= 0.3 is 5.97 Å². The van der Waals surface area contributed by atoms with Gasteiger partial charge in [0.15, 0.2) is 0 Å². The molecule has 208 valence electrons. The molecule has 0 aliphatic carbocycles. The molecule has 0 heterocycles. The van der Waals surface area contributed by atoms with Gasteiger partial charge in [0.25, 0.3) is 0 Å². The van der Waals surface area contributed by atoms with Gasteiger partial charge in [0, 0.05) is 6.08 Å². The summed E-state index contributed by atoms with van der Waals surface area (Å²) in [6, 6.07) is 33.8. The maximum Gasteiger partial charge on any atom is 0.330 e. The molecule has 0 saturated heterocycles. The van der Waals surface area contributed by atoms with Crippen molar-refractivity contribution in [3.63, 3.8) is 0 Å². The summed E-state index contributed by atoms with van der Waals surface area (Å²) in [6.45, 7) is 14.6. The van der Waals surface area contributed by atoms with Gasteiger partial charge in [0.05, 0.1) is 6.61 Å². The van der Waals surface area contributed by atoms with Crippen LogP contribution in [0.4, 0.5) is 0 Å². The van der Waals surface area contributed by atoms with E-state index in [0.717, 1.165) is 18.4 Å². The maximum absolute atomic E-state index is 11.3. The lowest BCUT2D eigenvalue weighted by atomic mass is 9.81. The molecule has 0 aliphatic rings. The van der Waals surface area contributed by atoms with E-state index in [9.17, 15) is 4.79 Å². The predicted molar refractivity (Wildman–Crippen MR) is 179 cm³/mol. The summed E-state index contributed by atoms with van der Waals surface area (Å²) in [6.07, 6.45) is 4.72. The fourth-order valence-electron chi connectivity index (χ4n) is 5.98. The van der Waals surface area contributed by atoms with Crippen LogP contribution in [0.1, 0.15) is 43.9 Å². The zero-order valence-corrected chi connectivity index (χ0v) is 24.7. The van der Waals surface area contributed by atoms with E-state index >= 15 is 0 Å². The van der Waals surface area contributed by atoms with Gasteiger partial charge in [0.1, 0.15) is 0 Å². The van der Waals surface area contributed by atoms with Gasteiger partial charge in [0.2, 0.25) is 0 Å². The third kappa shape index (κ3) is 5.10. The molecule has 0 aliphatic heterocycles. The van der Waals surface area contributed by atoms with Gasteiger partial charge < -0.3 is 4.74 Å². The Bertz CT molecular complexity index is 1920. The highest BCUT2D eigenvalue weighted by molar-refractivity contribution is 6.28. The lowest BCUT2D eigenvalue weighted by Crippen LogP contribution is -2.10. The van der Waals surface area contributed by atoms with Crippen LogP contribution in [0.3, 0.4) is 0 Å². The lowest BCUT2D eigenvalue weighted by Gasteiger charge is -2.23. The van der Waals surface area contributed by atoms with Crippen LogP contribution in [0, 0.1) is 0 Å². The smallest absolute Gasteiger partial charge is 0.330 e. The highest BCUT2D eigenvalue weighted by atomic mass is 16.5. The molecule has 0 saturated carbocycles. The largest absolute Gasteiger partial charge is 0.463 e. The summed E-state index contributed by atoms with van der Waals surface area (Å²) in [4.78, 5) is 11.3. The number of carbonyl (C=O) groups is 1. The van der Waals surface area contributed by atoms with Gasteiger partial charge in [-0.2, -0.15) is 0 Å². The highest BCUT2D eigenvalue weighted by Crippen LogP contribution is 2.45. The monoisotopic (exact) mass is 548 g/mol. The summed E-state index contributed by atoms with van der Waals surface area (Å²) >= 11 is 0. The Hall–Kier alpha value is -4.69. The summed E-state index contributed by atoms with van der Waals surface area (Å²) < 4.78 is 5.14. The Morgan fingerprint density at radius 3 is 1.83 bits per heavy atom. The zero-order chi connectivity index (χ0) is 29.4. The first kappa shape index (κ1) is 27.5. The molecule has 0 fully saturated rings. The van der Waals surface area contributed by atoms with Crippen LogP contribution in [0.2, 0.25) is 0 Å². The minimum Gasteiger partial charge on any atom is -0.463 e. The Balaban J connectivity index is 1.51. The Kier molecular flexibility index (Phi) is 7.16. The molecule has 0 aromatic heterocycles. The van der Waals surface area contributed by atoms with Crippen LogP contribution < -0.4 is 0 Å². The number of ether oxygens (including phenoxy) is 1. The third-order valence-electron chi connectivity index (χ3n) is 8.33. The van der Waals surface area contributed by atoms with Crippen molar-refractivity contribution >= 4 is 44.4 Å². The van der Waals surface area contributed by atoms with Crippen molar-refractivity contribution in [2.24, 2.45) is 0 Å². The molecule has 6 aromatic rings. The van der Waals surface area contributed by atoms with Crippen LogP contribution in [0.5, 0.6) is 0 Å². The zero-order valence-electron chi connectivity index (χ0n) is 24.7. The number of carbonyl (C=O) groups excluding carboxylic acids is 1. The van der Waals surface area contributed by atoms with Gasteiger partial charge in [-0.05, 0) is 95.6 Å². The standard InChI is InChI=1S/C40H36O2/c1-6-26-10-14-28(15-11-26)35-25-36(29-16-12-27(13-17-29)9-8-22-42-37(41)7-2)34-21-19-31-24-32(40(3,4)5)23-30-18-20-33(35)39(34)38(30)31/h6-7,10-21,23-25H,1-2,8-9,22H2,3-5H3. The fraction of sp³-hybridized carbons (Fsp3) is 0.175. The number of rotatable bonds is 8. The van der Waals surface area contributed by atoms with E-state index in [2.05, 4.69) is 125 Å². The fourth-order valence-corrected chi connectivity index (χ4v) is 5.98. The third-order valence-corrected chi connectivity index (χ3v) is 8.33. The topological polar surface area (TPSA) is 26.3 Å². The summed E-state index contributed by atoms with van der Waals surface area (Å²) in [5.41, 5.74) is 8.60. The normalized spacial score (nSPS) is 11.8. The first-order chi connectivity index (χ1) is 20.3. The Morgan fingerprint density at radius 1 is 0.738 bits per heavy atom. The molecule has 0 bridgehead atoms. The minimum absolute atomic E-state index is 0.0721. The van der Waals surface area contributed by atoms with Gasteiger partial charge in [-0.15, -0.1) is 0 Å². The van der Waals surface area contributed by atoms with Crippen LogP contribution in [0.15, 0.2) is 110 Å². The van der Waals surface area contributed by atoms with E-state index in [0.29, 0.717) is 6.61 Å².